The van der Waals surface area contributed by atoms with Crippen molar-refractivity contribution >= 4 is 34.4 Å². The van der Waals surface area contributed by atoms with Crippen LogP contribution in [0.15, 0.2) is 30.5 Å². The number of fused-ring (bicyclic) bond motifs is 1. The van der Waals surface area contributed by atoms with Crippen LogP contribution >= 0.6 is 0 Å². The molecule has 1 aliphatic heterocycles. The molecule has 2 aromatic rings. The van der Waals surface area contributed by atoms with Crippen LogP contribution < -0.4 is 9.47 Å². The summed E-state index contributed by atoms with van der Waals surface area (Å²) in [5.74, 6) is -1.89. The summed E-state index contributed by atoms with van der Waals surface area (Å²) >= 11 is 0. The minimum absolute atomic E-state index is 0.0809. The molecule has 1 amide bonds. The van der Waals surface area contributed by atoms with Crippen molar-refractivity contribution in [3.05, 3.63) is 30.5 Å². The Balaban J connectivity index is 1.61. The molecule has 0 radical (unpaired) electrons. The number of carboxylic acids is 1. The lowest BCUT2D eigenvalue weighted by atomic mass is 9.77. The number of ketones is 1. The van der Waals surface area contributed by atoms with Crippen molar-refractivity contribution in [1.82, 2.24) is 14.8 Å². The number of esters is 1. The van der Waals surface area contributed by atoms with Crippen molar-refractivity contribution in [1.29, 1.82) is 0 Å². The van der Waals surface area contributed by atoms with Crippen LogP contribution in [0.25, 0.3) is 10.8 Å². The molecule has 4 rings (SSSR count). The van der Waals surface area contributed by atoms with E-state index in [0.717, 1.165) is 23.1 Å². The SMILES string of the molecule is CC[C@@H]1C[C@]1(CC(=O)[C@@H]1C[C@@H](Oc2nccc3cc(OCCN(C)C)ccc23)CN1C(=O)[C@@H](CC(=O)OC(C)(C)C)C(C)(C)C)C(=O)O. The maximum Gasteiger partial charge on any atom is 0.310 e. The number of aliphatic carboxylic acids is 1. The molecule has 1 aliphatic carbocycles. The topological polar surface area (TPSA) is 136 Å². The lowest BCUT2D eigenvalue weighted by Crippen LogP contribution is -2.48. The van der Waals surface area contributed by atoms with E-state index in [2.05, 4.69) is 4.98 Å². The highest BCUT2D eigenvalue weighted by Gasteiger charge is 2.61. The molecular weight excluding hydrogens is 614 g/mol. The maximum atomic E-state index is 14.4. The second-order valence-electron chi connectivity index (χ2n) is 15.8. The quantitative estimate of drug-likeness (QED) is 0.262. The predicted octanol–water partition coefficient (Wildman–Crippen LogP) is 5.38. The first kappa shape index (κ1) is 37.1. The van der Waals surface area contributed by atoms with Crippen LogP contribution in [0.4, 0.5) is 0 Å². The van der Waals surface area contributed by atoms with Crippen molar-refractivity contribution in [2.75, 3.05) is 33.8 Å². The molecule has 0 unspecified atom stereocenters. The van der Waals surface area contributed by atoms with E-state index >= 15 is 0 Å². The zero-order valence-electron chi connectivity index (χ0n) is 30.0. The normalized spacial score (nSPS) is 23.2. The molecule has 2 heterocycles. The van der Waals surface area contributed by atoms with Gasteiger partial charge in [0.15, 0.2) is 5.78 Å². The van der Waals surface area contributed by atoms with Crippen molar-refractivity contribution in [2.45, 2.75) is 98.3 Å². The average Bonchev–Trinajstić information content (AvgIpc) is 3.53. The number of likely N-dealkylation sites (N-methyl/N-ethyl adjacent to an activating group) is 1. The van der Waals surface area contributed by atoms with Crippen LogP contribution in [-0.4, -0.2) is 95.1 Å². The third kappa shape index (κ3) is 8.84. The number of carboxylic acid groups (broad SMARTS) is 1. The molecule has 11 heteroatoms. The molecular formula is C37H53N3O8. The van der Waals surface area contributed by atoms with E-state index in [0.29, 0.717) is 25.3 Å². The number of ether oxygens (including phenoxy) is 3. The van der Waals surface area contributed by atoms with Crippen molar-refractivity contribution < 1.29 is 38.5 Å². The minimum atomic E-state index is -1.11. The second kappa shape index (κ2) is 14.4. The van der Waals surface area contributed by atoms with Crippen LogP contribution in [0.2, 0.25) is 0 Å². The summed E-state index contributed by atoms with van der Waals surface area (Å²) in [6.07, 6.45) is 2.05. The zero-order valence-corrected chi connectivity index (χ0v) is 30.0. The lowest BCUT2D eigenvalue weighted by Gasteiger charge is -2.35. The molecule has 1 saturated heterocycles. The number of hydrogen-bond acceptors (Lipinski definition) is 9. The molecule has 1 N–H and O–H groups in total. The van der Waals surface area contributed by atoms with E-state index in [9.17, 15) is 24.3 Å². The number of benzene rings is 1. The molecule has 0 spiro atoms. The highest BCUT2D eigenvalue weighted by Crippen LogP contribution is 2.57. The Morgan fingerprint density at radius 1 is 1.10 bits per heavy atom. The standard InChI is InChI=1S/C37H53N3O8/c1-10-24-20-37(24,34(44)45)21-30(41)29-18-26(22-40(29)33(43)28(35(2,3)4)19-31(42)48-36(5,6)7)47-32-27-12-11-25(46-16-15-39(8)9)17-23(27)13-14-38-32/h11-14,17,24,26,28-29H,10,15-16,18-22H2,1-9H3,(H,44,45)/t24-,26-,28-,29+,37-/m1/s1. The fraction of sp³-hybridized carbons (Fsp3) is 0.649. The van der Waals surface area contributed by atoms with Gasteiger partial charge >= 0.3 is 11.9 Å². The van der Waals surface area contributed by atoms with E-state index in [1.54, 1.807) is 27.0 Å². The molecule has 1 saturated carbocycles. The van der Waals surface area contributed by atoms with Crippen molar-refractivity contribution in [3.63, 3.8) is 0 Å². The van der Waals surface area contributed by atoms with E-state index in [-0.39, 0.29) is 43.4 Å². The van der Waals surface area contributed by atoms with Gasteiger partial charge in [-0.25, -0.2) is 4.98 Å². The molecule has 5 atom stereocenters. The van der Waals surface area contributed by atoms with Crippen LogP contribution in [0.5, 0.6) is 11.6 Å². The fourth-order valence-corrected chi connectivity index (χ4v) is 6.66. The van der Waals surface area contributed by atoms with E-state index in [1.165, 1.54) is 4.90 Å². The van der Waals surface area contributed by atoms with Gasteiger partial charge in [-0.1, -0.05) is 34.1 Å². The Morgan fingerprint density at radius 2 is 1.81 bits per heavy atom. The van der Waals surface area contributed by atoms with Gasteiger partial charge in [-0.15, -0.1) is 0 Å². The second-order valence-corrected chi connectivity index (χ2v) is 15.8. The number of carbonyl (C=O) groups is 4. The Morgan fingerprint density at radius 3 is 2.40 bits per heavy atom. The summed E-state index contributed by atoms with van der Waals surface area (Å²) in [5.41, 5.74) is -2.46. The molecule has 1 aromatic heterocycles. The van der Waals surface area contributed by atoms with Gasteiger partial charge in [0.05, 0.1) is 30.3 Å². The summed E-state index contributed by atoms with van der Waals surface area (Å²) in [5, 5.41) is 11.7. The van der Waals surface area contributed by atoms with E-state index in [1.807, 2.05) is 71.0 Å². The van der Waals surface area contributed by atoms with Gasteiger partial charge in [0, 0.05) is 31.0 Å². The first-order valence-electron chi connectivity index (χ1n) is 17.0. The van der Waals surface area contributed by atoms with Gasteiger partial charge in [0.25, 0.3) is 0 Å². The average molecular weight is 668 g/mol. The first-order valence-corrected chi connectivity index (χ1v) is 17.0. The van der Waals surface area contributed by atoms with Gasteiger partial charge < -0.3 is 29.1 Å². The summed E-state index contributed by atoms with van der Waals surface area (Å²) in [4.78, 5) is 61.7. The number of rotatable bonds is 14. The van der Waals surface area contributed by atoms with Gasteiger partial charge in [-0.2, -0.15) is 0 Å². The summed E-state index contributed by atoms with van der Waals surface area (Å²) in [6, 6.07) is 6.64. The summed E-state index contributed by atoms with van der Waals surface area (Å²) in [6.45, 7) is 14.3. The number of pyridine rings is 1. The Hall–Kier alpha value is -3.73. The van der Waals surface area contributed by atoms with Crippen LogP contribution in [-0.2, 0) is 23.9 Å². The molecule has 2 aliphatic rings. The summed E-state index contributed by atoms with van der Waals surface area (Å²) in [7, 11) is 3.97. The first-order chi connectivity index (χ1) is 22.3. The fourth-order valence-electron chi connectivity index (χ4n) is 6.66. The zero-order chi connectivity index (χ0) is 35.6. The highest BCUT2D eigenvalue weighted by atomic mass is 16.6. The number of hydrogen-bond donors (Lipinski definition) is 1. The number of aromatic nitrogens is 1. The molecule has 48 heavy (non-hydrogen) atoms. The third-order valence-corrected chi connectivity index (χ3v) is 9.48. The number of amides is 1. The number of carbonyl (C=O) groups excluding carboxylic acids is 3. The van der Waals surface area contributed by atoms with Gasteiger partial charge in [-0.3, -0.25) is 19.2 Å². The highest BCUT2D eigenvalue weighted by molar-refractivity contribution is 5.95. The van der Waals surface area contributed by atoms with E-state index in [4.69, 9.17) is 14.2 Å². The molecule has 11 nitrogen and oxygen atoms in total. The summed E-state index contributed by atoms with van der Waals surface area (Å²) < 4.78 is 17.9. The van der Waals surface area contributed by atoms with Crippen LogP contribution in [0.3, 0.4) is 0 Å². The molecule has 2 fully saturated rings. The van der Waals surface area contributed by atoms with Crippen molar-refractivity contribution in [3.8, 4) is 11.6 Å². The van der Waals surface area contributed by atoms with Gasteiger partial charge in [0.1, 0.15) is 24.1 Å². The minimum Gasteiger partial charge on any atom is -0.492 e. The largest absolute Gasteiger partial charge is 0.492 e. The lowest BCUT2D eigenvalue weighted by molar-refractivity contribution is -0.161. The van der Waals surface area contributed by atoms with Gasteiger partial charge in [0.2, 0.25) is 11.8 Å². The number of nitrogens with zero attached hydrogens (tertiary/aromatic N) is 3. The third-order valence-electron chi connectivity index (χ3n) is 9.48. The number of Topliss-reactive ketones (excluding diaryl/α,β-unsaturated/α-hetero) is 1. The predicted molar refractivity (Wildman–Crippen MR) is 182 cm³/mol. The molecule has 0 bridgehead atoms. The number of likely N-dealkylation sites (tertiary alicyclic amines) is 1. The maximum absolute atomic E-state index is 14.4. The Labute approximate surface area is 284 Å². The monoisotopic (exact) mass is 667 g/mol. The molecule has 1 aromatic carbocycles. The Bertz CT molecular complexity index is 1510. The van der Waals surface area contributed by atoms with Crippen LogP contribution in [0.1, 0.15) is 80.6 Å². The Kier molecular flexibility index (Phi) is 11.1. The van der Waals surface area contributed by atoms with Crippen molar-refractivity contribution in [2.24, 2.45) is 22.7 Å². The molecule has 264 valence electrons. The van der Waals surface area contributed by atoms with Crippen LogP contribution in [0, 0.1) is 22.7 Å². The van der Waals surface area contributed by atoms with E-state index < -0.39 is 46.4 Å². The van der Waals surface area contributed by atoms with Gasteiger partial charge in [-0.05, 0) is 82.3 Å². The smallest absolute Gasteiger partial charge is 0.310 e.